The van der Waals surface area contributed by atoms with Gasteiger partial charge in [0, 0.05) is 6.07 Å². The van der Waals surface area contributed by atoms with Gasteiger partial charge in [-0.05, 0) is 38.1 Å². The van der Waals surface area contributed by atoms with E-state index in [1.807, 2.05) is 0 Å². The first kappa shape index (κ1) is 12.9. The molecular formula is C14H12O5. The molecule has 2 aromatic rings. The van der Waals surface area contributed by atoms with Crippen molar-refractivity contribution in [1.82, 2.24) is 0 Å². The Kier molecular flexibility index (Phi) is 3.37. The van der Waals surface area contributed by atoms with E-state index in [0.29, 0.717) is 11.5 Å². The Balaban J connectivity index is 2.31. The van der Waals surface area contributed by atoms with Gasteiger partial charge in [-0.1, -0.05) is 0 Å². The second kappa shape index (κ2) is 4.97. The normalized spacial score (nSPS) is 11.1. The third kappa shape index (κ3) is 2.82. The van der Waals surface area contributed by atoms with Gasteiger partial charge < -0.3 is 13.9 Å². The van der Waals surface area contributed by atoms with Crippen LogP contribution in [0, 0.1) is 13.8 Å². The number of ketones is 1. The van der Waals surface area contributed by atoms with Crippen LogP contribution in [0.4, 0.5) is 0 Å². The predicted octanol–water partition coefficient (Wildman–Crippen LogP) is 2.45. The highest BCUT2D eigenvalue weighted by Crippen LogP contribution is 2.16. The van der Waals surface area contributed by atoms with Gasteiger partial charge in [-0.15, -0.1) is 0 Å². The Morgan fingerprint density at radius 1 is 1.21 bits per heavy atom. The number of hydrogen-bond donors (Lipinski definition) is 1. The highest BCUT2D eigenvalue weighted by atomic mass is 16.4. The molecule has 0 aliphatic rings. The maximum atomic E-state index is 11.8. The van der Waals surface area contributed by atoms with E-state index in [2.05, 4.69) is 0 Å². The van der Waals surface area contributed by atoms with Gasteiger partial charge in [-0.25, -0.2) is 4.79 Å². The third-order valence-electron chi connectivity index (χ3n) is 2.46. The Hall–Kier alpha value is -2.56. The van der Waals surface area contributed by atoms with Gasteiger partial charge in [0.1, 0.15) is 28.6 Å². The molecule has 2 rings (SSSR count). The minimum Gasteiger partial charge on any atom is -0.507 e. The maximum Gasteiger partial charge on any atom is 0.351 e. The van der Waals surface area contributed by atoms with E-state index in [0.717, 1.165) is 6.08 Å². The van der Waals surface area contributed by atoms with Gasteiger partial charge in [0.2, 0.25) is 0 Å². The predicted molar refractivity (Wildman–Crippen MR) is 68.2 cm³/mol. The highest BCUT2D eigenvalue weighted by Gasteiger charge is 2.15. The zero-order valence-electron chi connectivity index (χ0n) is 10.5. The first-order valence-corrected chi connectivity index (χ1v) is 5.60. The summed E-state index contributed by atoms with van der Waals surface area (Å²) >= 11 is 0. The molecule has 98 valence electrons. The quantitative estimate of drug-likeness (QED) is 0.677. The number of rotatable bonds is 3. The van der Waals surface area contributed by atoms with E-state index in [1.165, 1.54) is 19.1 Å². The van der Waals surface area contributed by atoms with Crippen LogP contribution < -0.4 is 5.63 Å². The van der Waals surface area contributed by atoms with Gasteiger partial charge in [0.05, 0.1) is 0 Å². The molecule has 0 unspecified atom stereocenters. The Morgan fingerprint density at radius 2 is 1.95 bits per heavy atom. The zero-order chi connectivity index (χ0) is 14.0. The molecule has 5 heteroatoms. The SMILES string of the molecule is Cc1ccc(C=CC(=O)c2c(O)cc(C)oc2=O)o1. The average molecular weight is 260 g/mol. The lowest BCUT2D eigenvalue weighted by molar-refractivity contribution is 0.104. The van der Waals surface area contributed by atoms with Crippen molar-refractivity contribution in [2.75, 3.05) is 0 Å². The summed E-state index contributed by atoms with van der Waals surface area (Å²) < 4.78 is 10.0. The van der Waals surface area contributed by atoms with Crippen molar-refractivity contribution in [3.05, 3.63) is 57.5 Å². The van der Waals surface area contributed by atoms with Crippen LogP contribution in [-0.2, 0) is 0 Å². The summed E-state index contributed by atoms with van der Waals surface area (Å²) in [5, 5.41) is 9.61. The summed E-state index contributed by atoms with van der Waals surface area (Å²) in [5.74, 6) is 0.413. The number of carbonyl (C=O) groups is 1. The number of aryl methyl sites for hydroxylation is 2. The minimum atomic E-state index is -0.859. The molecule has 0 aliphatic carbocycles. The van der Waals surface area contributed by atoms with Crippen molar-refractivity contribution in [3.63, 3.8) is 0 Å². The molecule has 0 fully saturated rings. The van der Waals surface area contributed by atoms with Crippen LogP contribution >= 0.6 is 0 Å². The summed E-state index contributed by atoms with van der Waals surface area (Å²) in [6, 6.07) is 4.66. The number of aromatic hydroxyl groups is 1. The molecule has 5 nitrogen and oxygen atoms in total. The molecule has 0 atom stereocenters. The molecule has 0 saturated heterocycles. The highest BCUT2D eigenvalue weighted by molar-refractivity contribution is 6.08. The van der Waals surface area contributed by atoms with Crippen molar-refractivity contribution in [3.8, 4) is 5.75 Å². The van der Waals surface area contributed by atoms with Gasteiger partial charge in [0.15, 0.2) is 5.78 Å². The summed E-state index contributed by atoms with van der Waals surface area (Å²) in [4.78, 5) is 23.3. The van der Waals surface area contributed by atoms with E-state index in [4.69, 9.17) is 8.83 Å². The van der Waals surface area contributed by atoms with Crippen LogP contribution in [0.5, 0.6) is 5.75 Å². The summed E-state index contributed by atoms with van der Waals surface area (Å²) in [5.41, 5.74) is -1.24. The smallest absolute Gasteiger partial charge is 0.351 e. The first-order chi connectivity index (χ1) is 8.97. The first-order valence-electron chi connectivity index (χ1n) is 5.60. The van der Waals surface area contributed by atoms with Gasteiger partial charge in [-0.2, -0.15) is 0 Å². The molecule has 2 heterocycles. The molecule has 19 heavy (non-hydrogen) atoms. The largest absolute Gasteiger partial charge is 0.507 e. The molecule has 0 saturated carbocycles. The maximum absolute atomic E-state index is 11.8. The number of furan rings is 1. The van der Waals surface area contributed by atoms with Crippen molar-refractivity contribution in [2.45, 2.75) is 13.8 Å². The van der Waals surface area contributed by atoms with Crippen LogP contribution in [0.15, 0.2) is 37.9 Å². The number of carbonyl (C=O) groups excluding carboxylic acids is 1. The minimum absolute atomic E-state index is 0.240. The lowest BCUT2D eigenvalue weighted by Crippen LogP contribution is -2.12. The molecule has 0 amide bonds. The molecule has 0 spiro atoms. The fourth-order valence-corrected chi connectivity index (χ4v) is 1.61. The van der Waals surface area contributed by atoms with Gasteiger partial charge >= 0.3 is 5.63 Å². The third-order valence-corrected chi connectivity index (χ3v) is 2.46. The van der Waals surface area contributed by atoms with Crippen molar-refractivity contribution in [1.29, 1.82) is 0 Å². The Bertz CT molecular complexity index is 703. The van der Waals surface area contributed by atoms with E-state index in [-0.39, 0.29) is 17.1 Å². The van der Waals surface area contributed by atoms with E-state index in [1.54, 1.807) is 19.1 Å². The molecule has 0 radical (unpaired) electrons. The lowest BCUT2D eigenvalue weighted by atomic mass is 10.1. The summed E-state index contributed by atoms with van der Waals surface area (Å²) in [7, 11) is 0. The molecular weight excluding hydrogens is 248 g/mol. The van der Waals surface area contributed by atoms with Crippen LogP contribution in [-0.4, -0.2) is 10.9 Å². The van der Waals surface area contributed by atoms with Crippen LogP contribution in [0.3, 0.4) is 0 Å². The zero-order valence-corrected chi connectivity index (χ0v) is 10.5. The molecule has 1 N–H and O–H groups in total. The average Bonchev–Trinajstić information content (AvgIpc) is 2.71. The van der Waals surface area contributed by atoms with Crippen LogP contribution in [0.25, 0.3) is 6.08 Å². The van der Waals surface area contributed by atoms with Crippen molar-refractivity contribution < 1.29 is 18.7 Å². The van der Waals surface area contributed by atoms with Gasteiger partial charge in [-0.3, -0.25) is 4.79 Å². The van der Waals surface area contributed by atoms with E-state index >= 15 is 0 Å². The molecule has 0 aliphatic heterocycles. The van der Waals surface area contributed by atoms with E-state index in [9.17, 15) is 14.7 Å². The fraction of sp³-hybridized carbons (Fsp3) is 0.143. The van der Waals surface area contributed by atoms with E-state index < -0.39 is 11.4 Å². The standard InChI is InChI=1S/C14H12O5/c1-8-3-4-10(18-8)5-6-11(15)13-12(16)7-9(2)19-14(13)17/h3-7,16H,1-2H3. The monoisotopic (exact) mass is 260 g/mol. The van der Waals surface area contributed by atoms with Gasteiger partial charge in [0.25, 0.3) is 0 Å². The van der Waals surface area contributed by atoms with Crippen molar-refractivity contribution >= 4 is 11.9 Å². The molecule has 0 aromatic carbocycles. The second-order valence-corrected chi connectivity index (χ2v) is 4.05. The summed E-state index contributed by atoms with van der Waals surface area (Å²) in [6.07, 6.45) is 2.58. The lowest BCUT2D eigenvalue weighted by Gasteiger charge is -1.99. The number of hydrogen-bond acceptors (Lipinski definition) is 5. The van der Waals surface area contributed by atoms with Crippen LogP contribution in [0.1, 0.15) is 27.6 Å². The Morgan fingerprint density at radius 3 is 2.53 bits per heavy atom. The van der Waals surface area contributed by atoms with Crippen molar-refractivity contribution in [2.24, 2.45) is 0 Å². The summed E-state index contributed by atoms with van der Waals surface area (Å²) in [6.45, 7) is 3.29. The topological polar surface area (TPSA) is 80.6 Å². The number of allylic oxidation sites excluding steroid dienone is 1. The molecule has 2 aromatic heterocycles. The fourth-order valence-electron chi connectivity index (χ4n) is 1.61. The molecule has 0 bridgehead atoms. The second-order valence-electron chi connectivity index (χ2n) is 4.05. The van der Waals surface area contributed by atoms with Crippen LogP contribution in [0.2, 0.25) is 0 Å². The Labute approximate surface area is 108 Å².